The molecule has 0 heterocycles. The minimum absolute atomic E-state index is 0.513. The van der Waals surface area contributed by atoms with Gasteiger partial charge < -0.3 is 15.8 Å². The maximum atomic E-state index is 8.86. The highest BCUT2D eigenvalue weighted by Gasteiger charge is 2.02. The van der Waals surface area contributed by atoms with Crippen LogP contribution < -0.4 is 11.1 Å². The van der Waals surface area contributed by atoms with E-state index >= 15 is 0 Å². The lowest BCUT2D eigenvalue weighted by Gasteiger charge is -2.10. The Kier molecular flexibility index (Phi) is 6.67. The molecule has 0 unspecified atom stereocenters. The molecule has 0 amide bonds. The predicted octanol–water partition coefficient (Wildman–Crippen LogP) is 2.76. The van der Waals surface area contributed by atoms with Crippen LogP contribution in [-0.4, -0.2) is 19.8 Å². The fraction of sp³-hybridized carbons (Fsp3) is 0.500. The maximum Gasteiger partial charge on any atom is 0.101 e. The third-order valence-electron chi connectivity index (χ3n) is 2.65. The van der Waals surface area contributed by atoms with E-state index in [0.29, 0.717) is 11.3 Å². The van der Waals surface area contributed by atoms with Gasteiger partial charge in [0, 0.05) is 19.8 Å². The molecule has 0 saturated carbocycles. The topological polar surface area (TPSA) is 71.1 Å². The summed E-state index contributed by atoms with van der Waals surface area (Å²) >= 11 is 0. The zero-order valence-electron chi connectivity index (χ0n) is 10.9. The summed E-state index contributed by atoms with van der Waals surface area (Å²) in [5.74, 6) is 0. The number of nitrogens with one attached hydrogen (secondary N) is 1. The van der Waals surface area contributed by atoms with E-state index in [2.05, 4.69) is 18.3 Å². The van der Waals surface area contributed by atoms with Crippen molar-refractivity contribution in [2.45, 2.75) is 26.2 Å². The Labute approximate surface area is 109 Å². The van der Waals surface area contributed by atoms with Gasteiger partial charge in [-0.2, -0.15) is 5.26 Å². The van der Waals surface area contributed by atoms with Crippen LogP contribution in [0.15, 0.2) is 18.2 Å². The van der Waals surface area contributed by atoms with Crippen molar-refractivity contribution in [3.05, 3.63) is 23.8 Å². The highest BCUT2D eigenvalue weighted by atomic mass is 16.5. The third kappa shape index (κ3) is 4.64. The maximum absolute atomic E-state index is 8.86. The lowest BCUT2D eigenvalue weighted by Crippen LogP contribution is -2.08. The van der Waals surface area contributed by atoms with Crippen molar-refractivity contribution in [2.24, 2.45) is 0 Å². The van der Waals surface area contributed by atoms with Crippen LogP contribution in [0.1, 0.15) is 31.7 Å². The molecule has 0 fully saturated rings. The normalized spacial score (nSPS) is 10.0. The van der Waals surface area contributed by atoms with Crippen LogP contribution in [-0.2, 0) is 4.74 Å². The highest BCUT2D eigenvalue weighted by molar-refractivity contribution is 5.72. The van der Waals surface area contributed by atoms with Gasteiger partial charge in [-0.05, 0) is 25.0 Å². The smallest absolute Gasteiger partial charge is 0.101 e. The second kappa shape index (κ2) is 8.37. The number of nitrogen functional groups attached to an aromatic ring is 1. The minimum atomic E-state index is 0.513. The second-order valence-electron chi connectivity index (χ2n) is 4.12. The van der Waals surface area contributed by atoms with Crippen LogP contribution in [0.2, 0.25) is 0 Å². The van der Waals surface area contributed by atoms with Crippen molar-refractivity contribution in [3.8, 4) is 6.07 Å². The fourth-order valence-electron chi connectivity index (χ4n) is 1.56. The minimum Gasteiger partial charge on any atom is -0.396 e. The van der Waals surface area contributed by atoms with Gasteiger partial charge >= 0.3 is 0 Å². The van der Waals surface area contributed by atoms with Crippen molar-refractivity contribution < 1.29 is 4.74 Å². The van der Waals surface area contributed by atoms with Crippen LogP contribution in [0.25, 0.3) is 0 Å². The molecule has 1 aromatic carbocycles. The summed E-state index contributed by atoms with van der Waals surface area (Å²) < 4.78 is 5.46. The molecule has 0 aliphatic rings. The molecule has 0 aliphatic heterocycles. The number of para-hydroxylation sites is 1. The molecule has 4 heteroatoms. The van der Waals surface area contributed by atoms with Gasteiger partial charge in [0.2, 0.25) is 0 Å². The Balaban J connectivity index is 2.26. The lowest BCUT2D eigenvalue weighted by atomic mass is 10.1. The first-order chi connectivity index (χ1) is 8.79. The van der Waals surface area contributed by atoms with E-state index in [1.54, 1.807) is 6.07 Å². The summed E-state index contributed by atoms with van der Waals surface area (Å²) in [7, 11) is 0. The van der Waals surface area contributed by atoms with E-state index in [1.165, 1.54) is 0 Å². The molecular formula is C14H21N3O. The molecule has 1 aromatic rings. The van der Waals surface area contributed by atoms with Gasteiger partial charge in [-0.25, -0.2) is 0 Å². The summed E-state index contributed by atoms with van der Waals surface area (Å²) in [5, 5.41) is 12.1. The summed E-state index contributed by atoms with van der Waals surface area (Å²) in [5.41, 5.74) is 7.71. The number of rotatable bonds is 8. The molecule has 1 rings (SSSR count). The number of hydrogen-bond acceptors (Lipinski definition) is 4. The van der Waals surface area contributed by atoms with Crippen molar-refractivity contribution in [1.29, 1.82) is 5.26 Å². The summed E-state index contributed by atoms with van der Waals surface area (Å²) in [6.07, 6.45) is 3.21. The Morgan fingerprint density at radius 1 is 1.33 bits per heavy atom. The van der Waals surface area contributed by atoms with Crippen molar-refractivity contribution in [2.75, 3.05) is 30.8 Å². The zero-order chi connectivity index (χ0) is 13.2. The second-order valence-corrected chi connectivity index (χ2v) is 4.12. The SMILES string of the molecule is CCCCOCCCNc1cccc(C#N)c1N. The van der Waals surface area contributed by atoms with E-state index in [4.69, 9.17) is 15.7 Å². The molecule has 98 valence electrons. The van der Waals surface area contributed by atoms with Gasteiger partial charge in [0.25, 0.3) is 0 Å². The monoisotopic (exact) mass is 247 g/mol. The highest BCUT2D eigenvalue weighted by Crippen LogP contribution is 2.21. The first-order valence-electron chi connectivity index (χ1n) is 6.39. The molecule has 0 spiro atoms. The Bertz CT molecular complexity index is 399. The van der Waals surface area contributed by atoms with Gasteiger partial charge in [0.05, 0.1) is 16.9 Å². The van der Waals surface area contributed by atoms with Crippen LogP contribution >= 0.6 is 0 Å². The molecule has 18 heavy (non-hydrogen) atoms. The first kappa shape index (κ1) is 14.3. The number of anilines is 2. The van der Waals surface area contributed by atoms with Crippen LogP contribution in [0, 0.1) is 11.3 Å². The molecule has 0 saturated heterocycles. The van der Waals surface area contributed by atoms with Gasteiger partial charge in [-0.3, -0.25) is 0 Å². The largest absolute Gasteiger partial charge is 0.396 e. The number of ether oxygens (including phenoxy) is 1. The molecule has 0 aromatic heterocycles. The molecular weight excluding hydrogens is 226 g/mol. The van der Waals surface area contributed by atoms with E-state index in [-0.39, 0.29) is 0 Å². The van der Waals surface area contributed by atoms with Gasteiger partial charge in [0.1, 0.15) is 6.07 Å². The van der Waals surface area contributed by atoms with E-state index < -0.39 is 0 Å². The van der Waals surface area contributed by atoms with Crippen molar-refractivity contribution in [1.82, 2.24) is 0 Å². The van der Waals surface area contributed by atoms with Crippen molar-refractivity contribution >= 4 is 11.4 Å². The number of nitrogens with zero attached hydrogens (tertiary/aromatic N) is 1. The third-order valence-corrected chi connectivity index (χ3v) is 2.65. The number of nitrogens with two attached hydrogens (primary N) is 1. The first-order valence-corrected chi connectivity index (χ1v) is 6.39. The van der Waals surface area contributed by atoms with Crippen LogP contribution in [0.4, 0.5) is 11.4 Å². The molecule has 0 aliphatic carbocycles. The van der Waals surface area contributed by atoms with E-state index in [1.807, 2.05) is 12.1 Å². The number of unbranched alkanes of at least 4 members (excludes halogenated alkanes) is 1. The number of nitriles is 1. The summed E-state index contributed by atoms with van der Waals surface area (Å²) in [4.78, 5) is 0. The average molecular weight is 247 g/mol. The van der Waals surface area contributed by atoms with Gasteiger partial charge in [-0.15, -0.1) is 0 Å². The standard InChI is InChI=1S/C14H21N3O/c1-2-3-9-18-10-5-8-17-13-7-4-6-12(11-15)14(13)16/h4,6-7,17H,2-3,5,8-10,16H2,1H3. The lowest BCUT2D eigenvalue weighted by molar-refractivity contribution is 0.131. The Morgan fingerprint density at radius 3 is 2.83 bits per heavy atom. The Morgan fingerprint density at radius 2 is 2.11 bits per heavy atom. The fourth-order valence-corrected chi connectivity index (χ4v) is 1.56. The van der Waals surface area contributed by atoms with Crippen molar-refractivity contribution in [3.63, 3.8) is 0 Å². The molecule has 3 N–H and O–H groups in total. The number of hydrogen-bond donors (Lipinski definition) is 2. The molecule has 0 bridgehead atoms. The van der Waals surface area contributed by atoms with E-state index in [0.717, 1.165) is 44.7 Å². The number of benzene rings is 1. The molecule has 0 radical (unpaired) electrons. The van der Waals surface area contributed by atoms with E-state index in [9.17, 15) is 0 Å². The Hall–Kier alpha value is -1.73. The van der Waals surface area contributed by atoms with Crippen LogP contribution in [0.3, 0.4) is 0 Å². The van der Waals surface area contributed by atoms with Gasteiger partial charge in [-0.1, -0.05) is 19.4 Å². The molecule has 4 nitrogen and oxygen atoms in total. The summed E-state index contributed by atoms with van der Waals surface area (Å²) in [6, 6.07) is 7.50. The van der Waals surface area contributed by atoms with Gasteiger partial charge in [0.15, 0.2) is 0 Å². The predicted molar refractivity (Wildman–Crippen MR) is 74.4 cm³/mol. The quantitative estimate of drug-likeness (QED) is 0.547. The zero-order valence-corrected chi connectivity index (χ0v) is 10.9. The van der Waals surface area contributed by atoms with Crippen LogP contribution in [0.5, 0.6) is 0 Å². The average Bonchev–Trinajstić information content (AvgIpc) is 2.39. The summed E-state index contributed by atoms with van der Waals surface area (Å²) in [6.45, 7) is 4.54. The molecule has 0 atom stereocenters.